The molecule has 0 bridgehead atoms. The summed E-state index contributed by atoms with van der Waals surface area (Å²) in [6.45, 7) is 2.14. The molecule has 0 aliphatic carbocycles. The van der Waals surface area contributed by atoms with Gasteiger partial charge in [-0.15, -0.1) is 0 Å². The molecule has 0 aliphatic heterocycles. The van der Waals surface area contributed by atoms with Crippen LogP contribution in [0, 0.1) is 18.3 Å². The molecule has 1 N–H and O–H groups in total. The quantitative estimate of drug-likeness (QED) is 0.205. The predicted octanol–water partition coefficient (Wildman–Crippen LogP) is 8.23. The van der Waals surface area contributed by atoms with Gasteiger partial charge in [0.15, 0.2) is 5.75 Å². The van der Waals surface area contributed by atoms with Gasteiger partial charge in [-0.1, -0.05) is 77.3 Å². The van der Waals surface area contributed by atoms with Crippen LogP contribution in [0.4, 0.5) is 5.69 Å². The highest BCUT2D eigenvalue weighted by molar-refractivity contribution is 6.37. The fraction of sp³-hybridized carbons (Fsp3) is 0.0714. The number of ether oxygens (including phenoxy) is 1. The Hall–Kier alpha value is -3.49. The molecule has 0 saturated carbocycles. The monoisotopic (exact) mass is 520 g/mol. The van der Waals surface area contributed by atoms with Crippen LogP contribution in [0.2, 0.25) is 15.1 Å². The Morgan fingerprint density at radius 1 is 0.943 bits per heavy atom. The van der Waals surface area contributed by atoms with E-state index in [1.165, 1.54) is 6.08 Å². The first-order valence-corrected chi connectivity index (χ1v) is 11.8. The van der Waals surface area contributed by atoms with Gasteiger partial charge in [0.2, 0.25) is 0 Å². The molecule has 0 heterocycles. The van der Waals surface area contributed by atoms with Gasteiger partial charge in [-0.05, 0) is 70.8 Å². The molecular formula is C28H19Cl3N2O2. The molecule has 0 fully saturated rings. The lowest BCUT2D eigenvalue weighted by atomic mass is 10.1. The highest BCUT2D eigenvalue weighted by atomic mass is 35.5. The molecule has 4 aromatic rings. The van der Waals surface area contributed by atoms with Gasteiger partial charge >= 0.3 is 0 Å². The lowest BCUT2D eigenvalue weighted by Crippen LogP contribution is -2.13. The van der Waals surface area contributed by atoms with Crippen molar-refractivity contribution >= 4 is 63.2 Å². The van der Waals surface area contributed by atoms with Gasteiger partial charge in [-0.3, -0.25) is 4.79 Å². The Morgan fingerprint density at radius 3 is 2.34 bits per heavy atom. The highest BCUT2D eigenvalue weighted by Gasteiger charge is 2.14. The first-order chi connectivity index (χ1) is 16.8. The van der Waals surface area contributed by atoms with Crippen molar-refractivity contribution in [2.45, 2.75) is 13.5 Å². The van der Waals surface area contributed by atoms with Gasteiger partial charge < -0.3 is 10.1 Å². The van der Waals surface area contributed by atoms with Crippen molar-refractivity contribution in [1.82, 2.24) is 0 Å². The van der Waals surface area contributed by atoms with E-state index in [1.807, 2.05) is 55.5 Å². The summed E-state index contributed by atoms with van der Waals surface area (Å²) >= 11 is 19.0. The number of nitriles is 1. The van der Waals surface area contributed by atoms with Crippen LogP contribution in [0.15, 0.2) is 78.4 Å². The van der Waals surface area contributed by atoms with Crippen molar-refractivity contribution in [2.75, 3.05) is 5.32 Å². The van der Waals surface area contributed by atoms with Gasteiger partial charge in [-0.25, -0.2) is 0 Å². The lowest BCUT2D eigenvalue weighted by Gasteiger charge is -2.12. The molecule has 0 aliphatic rings. The molecule has 4 aromatic carbocycles. The Balaban J connectivity index is 1.50. The van der Waals surface area contributed by atoms with Gasteiger partial charge in [0, 0.05) is 10.7 Å². The Kier molecular flexibility index (Phi) is 7.63. The van der Waals surface area contributed by atoms with E-state index >= 15 is 0 Å². The van der Waals surface area contributed by atoms with Crippen molar-refractivity contribution in [3.8, 4) is 11.8 Å². The number of fused-ring (bicyclic) bond motifs is 1. The molecule has 4 rings (SSSR count). The summed E-state index contributed by atoms with van der Waals surface area (Å²) in [5, 5.41) is 15.5. The molecule has 1 amide bonds. The number of rotatable bonds is 6. The fourth-order valence-corrected chi connectivity index (χ4v) is 4.26. The maximum Gasteiger partial charge on any atom is 0.266 e. The van der Waals surface area contributed by atoms with Crippen molar-refractivity contribution in [2.24, 2.45) is 0 Å². The van der Waals surface area contributed by atoms with Crippen molar-refractivity contribution in [3.05, 3.63) is 110 Å². The average molecular weight is 522 g/mol. The topological polar surface area (TPSA) is 62.1 Å². The van der Waals surface area contributed by atoms with E-state index in [9.17, 15) is 10.1 Å². The van der Waals surface area contributed by atoms with Crippen LogP contribution in [0.1, 0.15) is 16.7 Å². The first kappa shape index (κ1) is 24.6. The minimum absolute atomic E-state index is 0.112. The van der Waals surface area contributed by atoms with Crippen molar-refractivity contribution in [3.63, 3.8) is 0 Å². The lowest BCUT2D eigenvalue weighted by molar-refractivity contribution is -0.112. The minimum atomic E-state index is -0.573. The number of aryl methyl sites for hydroxylation is 1. The molecule has 0 spiro atoms. The minimum Gasteiger partial charge on any atom is -0.486 e. The standard InChI is InChI=1S/C28H19Cl3N2O2/c1-17-6-9-23(14-24(17)29)33-28(34)22(15-32)11-19-12-25(30)27(26(31)13-19)35-16-18-7-8-20-4-2-3-5-21(20)10-18/h2-14H,16H2,1H3,(H,33,34)/b22-11-. The van der Waals surface area contributed by atoms with Gasteiger partial charge in [0.05, 0.1) is 10.0 Å². The number of carbonyl (C=O) groups is 1. The van der Waals surface area contributed by atoms with E-state index < -0.39 is 5.91 Å². The van der Waals surface area contributed by atoms with E-state index in [4.69, 9.17) is 39.5 Å². The van der Waals surface area contributed by atoms with E-state index in [0.717, 1.165) is 21.9 Å². The molecule has 4 nitrogen and oxygen atoms in total. The highest BCUT2D eigenvalue weighted by Crippen LogP contribution is 2.35. The second-order valence-electron chi connectivity index (χ2n) is 7.87. The summed E-state index contributed by atoms with van der Waals surface area (Å²) in [4.78, 5) is 12.6. The number of carbonyl (C=O) groups excluding carboxylic acids is 1. The van der Waals surface area contributed by atoms with Crippen LogP contribution in [0.25, 0.3) is 16.8 Å². The second-order valence-corrected chi connectivity index (χ2v) is 9.09. The van der Waals surface area contributed by atoms with Crippen LogP contribution < -0.4 is 10.1 Å². The maximum atomic E-state index is 12.6. The number of hydrogen-bond donors (Lipinski definition) is 1. The molecule has 0 atom stereocenters. The normalized spacial score (nSPS) is 11.2. The van der Waals surface area contributed by atoms with Crippen LogP contribution in [-0.2, 0) is 11.4 Å². The van der Waals surface area contributed by atoms with Gasteiger partial charge in [0.1, 0.15) is 18.2 Å². The summed E-state index contributed by atoms with van der Waals surface area (Å²) in [5.41, 5.74) is 2.72. The number of nitrogens with one attached hydrogen (secondary N) is 1. The van der Waals surface area contributed by atoms with Gasteiger partial charge in [-0.2, -0.15) is 5.26 Å². The summed E-state index contributed by atoms with van der Waals surface area (Å²) < 4.78 is 5.89. The number of hydrogen-bond acceptors (Lipinski definition) is 3. The van der Waals surface area contributed by atoms with E-state index in [-0.39, 0.29) is 22.2 Å². The molecule has 35 heavy (non-hydrogen) atoms. The van der Waals surface area contributed by atoms with Crippen molar-refractivity contribution in [1.29, 1.82) is 5.26 Å². The fourth-order valence-electron chi connectivity index (χ4n) is 3.47. The maximum absolute atomic E-state index is 12.6. The van der Waals surface area contributed by atoms with Crippen LogP contribution in [-0.4, -0.2) is 5.91 Å². The number of amides is 1. The second kappa shape index (κ2) is 10.8. The Morgan fingerprint density at radius 2 is 1.66 bits per heavy atom. The first-order valence-electron chi connectivity index (χ1n) is 10.6. The third-order valence-corrected chi connectivity index (χ3v) is 6.29. The Labute approximate surface area is 218 Å². The zero-order valence-corrected chi connectivity index (χ0v) is 20.9. The largest absolute Gasteiger partial charge is 0.486 e. The summed E-state index contributed by atoms with van der Waals surface area (Å²) in [5.74, 6) is -0.243. The SMILES string of the molecule is Cc1ccc(NC(=O)/C(C#N)=C\c2cc(Cl)c(OCc3ccc4ccccc4c3)c(Cl)c2)cc1Cl. The van der Waals surface area contributed by atoms with Crippen LogP contribution >= 0.6 is 34.8 Å². The number of halogens is 3. The van der Waals surface area contributed by atoms with Gasteiger partial charge in [0.25, 0.3) is 5.91 Å². The van der Waals surface area contributed by atoms with Crippen LogP contribution in [0.5, 0.6) is 5.75 Å². The molecule has 174 valence electrons. The Bertz CT molecular complexity index is 1480. The molecular weight excluding hydrogens is 503 g/mol. The van der Waals surface area contributed by atoms with E-state index in [0.29, 0.717) is 22.0 Å². The molecule has 0 aromatic heterocycles. The molecule has 0 radical (unpaired) electrons. The third kappa shape index (κ3) is 5.96. The van der Waals surface area contributed by atoms with Crippen molar-refractivity contribution < 1.29 is 9.53 Å². The smallest absolute Gasteiger partial charge is 0.266 e. The summed E-state index contributed by atoms with van der Waals surface area (Å²) in [6, 6.07) is 24.3. The van der Waals surface area contributed by atoms with E-state index in [2.05, 4.69) is 5.32 Å². The predicted molar refractivity (Wildman–Crippen MR) is 143 cm³/mol. The zero-order chi connectivity index (χ0) is 24.9. The summed E-state index contributed by atoms with van der Waals surface area (Å²) in [7, 11) is 0. The number of nitrogens with zero attached hydrogens (tertiary/aromatic N) is 1. The summed E-state index contributed by atoms with van der Waals surface area (Å²) in [6.07, 6.45) is 1.41. The van der Waals surface area contributed by atoms with Crippen LogP contribution in [0.3, 0.4) is 0 Å². The van der Waals surface area contributed by atoms with E-state index in [1.54, 1.807) is 30.3 Å². The molecule has 7 heteroatoms. The molecule has 0 saturated heterocycles. The molecule has 0 unspecified atom stereocenters. The zero-order valence-electron chi connectivity index (χ0n) is 18.6. The average Bonchev–Trinajstić information content (AvgIpc) is 2.84. The third-order valence-electron chi connectivity index (χ3n) is 5.32. The number of benzene rings is 4. The number of anilines is 1.